The van der Waals surface area contributed by atoms with E-state index in [0.717, 1.165) is 14.6 Å². The number of nitrogens with one attached hydrogen (secondary N) is 1. The van der Waals surface area contributed by atoms with Gasteiger partial charge in [-0.3, -0.25) is 24.0 Å². The predicted octanol–water partition coefficient (Wildman–Crippen LogP) is 6.85. The Balaban J connectivity index is 0.000000181. The molecule has 0 unspecified atom stereocenters. The lowest BCUT2D eigenvalue weighted by molar-refractivity contribution is -0.137. The summed E-state index contributed by atoms with van der Waals surface area (Å²) in [7, 11) is 0. The van der Waals surface area contributed by atoms with Crippen LogP contribution in [0.3, 0.4) is 0 Å². The van der Waals surface area contributed by atoms with Crippen LogP contribution in [0, 0.1) is 0 Å². The molecule has 3 heterocycles. The average molecular weight is 804 g/mol. The van der Waals surface area contributed by atoms with Gasteiger partial charge in [0.1, 0.15) is 6.29 Å². The molecule has 50 heavy (non-hydrogen) atoms. The zero-order valence-corrected chi connectivity index (χ0v) is 30.2. The minimum Gasteiger partial charge on any atom is -0.474 e. The van der Waals surface area contributed by atoms with Crippen LogP contribution in [-0.4, -0.2) is 53.7 Å². The number of aldehydes is 1. The maximum absolute atomic E-state index is 13.0. The third kappa shape index (κ3) is 7.88. The van der Waals surface area contributed by atoms with E-state index >= 15 is 0 Å². The van der Waals surface area contributed by atoms with Crippen molar-refractivity contribution in [2.45, 2.75) is 25.9 Å². The van der Waals surface area contributed by atoms with E-state index in [9.17, 15) is 28.8 Å². The van der Waals surface area contributed by atoms with Crippen LogP contribution >= 0.6 is 31.9 Å². The van der Waals surface area contributed by atoms with Crippen molar-refractivity contribution in [1.82, 2.24) is 0 Å². The van der Waals surface area contributed by atoms with Gasteiger partial charge in [0.15, 0.2) is 11.6 Å². The Kier molecular flexibility index (Phi) is 12.9. The van der Waals surface area contributed by atoms with Gasteiger partial charge < -0.3 is 24.9 Å². The van der Waals surface area contributed by atoms with Crippen LogP contribution in [0.2, 0.25) is 0 Å². The highest BCUT2D eigenvalue weighted by Gasteiger charge is 2.61. The van der Waals surface area contributed by atoms with Gasteiger partial charge in [-0.2, -0.15) is 0 Å². The fourth-order valence-electron chi connectivity index (χ4n) is 5.25. The molecule has 4 aromatic carbocycles. The number of hydrogen-bond acceptors (Lipinski definition) is 8. The Morgan fingerprint density at radius 1 is 0.860 bits per heavy atom. The van der Waals surface area contributed by atoms with Gasteiger partial charge in [0.25, 0.3) is 17.6 Å². The van der Waals surface area contributed by atoms with Crippen molar-refractivity contribution in [2.75, 3.05) is 23.4 Å². The normalized spacial score (nSPS) is 16.0. The van der Waals surface area contributed by atoms with Crippen molar-refractivity contribution in [3.8, 4) is 0 Å². The number of rotatable bonds is 6. The van der Waals surface area contributed by atoms with E-state index in [1.807, 2.05) is 37.3 Å². The minimum absolute atomic E-state index is 0.0238. The second kappa shape index (κ2) is 17.1. The molecule has 0 saturated heterocycles. The fourth-order valence-corrected chi connectivity index (χ4v) is 5.98. The summed E-state index contributed by atoms with van der Waals surface area (Å²) in [6, 6.07) is 28.5. The lowest BCUT2D eigenvalue weighted by Crippen LogP contribution is -2.49. The number of likely N-dealkylation sites (N-methyl/N-ethyl adjacent to an activating group) is 1. The van der Waals surface area contributed by atoms with E-state index in [4.69, 9.17) is 9.84 Å². The first-order valence-electron chi connectivity index (χ1n) is 15.4. The third-order valence-electron chi connectivity index (χ3n) is 7.55. The van der Waals surface area contributed by atoms with Crippen LogP contribution in [0.15, 0.2) is 118 Å². The number of fused-ring (bicyclic) bond motifs is 3. The molecule has 3 aliphatic rings. The molecule has 0 bridgehead atoms. The molecule has 0 fully saturated rings. The highest BCUT2D eigenvalue weighted by molar-refractivity contribution is 9.10. The van der Waals surface area contributed by atoms with E-state index in [2.05, 4.69) is 37.2 Å². The fraction of sp³-hybridized carbons (Fsp3) is 0.158. The summed E-state index contributed by atoms with van der Waals surface area (Å²) < 4.78 is 7.30. The Labute approximate surface area is 305 Å². The molecule has 4 aromatic rings. The molecule has 256 valence electrons. The van der Waals surface area contributed by atoms with Crippen LogP contribution in [0.1, 0.15) is 56.9 Å². The standard InChI is InChI=1S/C19H14BrNO3.C9H8O2.C8H4BrNO2.C2H6O/c1-2-21-16-9-8-13(20)10-14(16)19(18(21)23)15(11-24-19)17(22)12-6-4-3-5-7-12;10-7-6-9(11)8-4-2-1-3-5-8;9-4-1-2-6-5(3-4)7(11)8(12)10-6;1-2-3/h3-11H,2H2,1H3;1-5,7H,6H2;1-3H,(H,10,11,12);3H,2H2,1H3/t19-;;;/m1.../s1. The summed E-state index contributed by atoms with van der Waals surface area (Å²) in [5.41, 5.74) is 2.74. The van der Waals surface area contributed by atoms with Gasteiger partial charge in [0, 0.05) is 38.8 Å². The molecule has 7 rings (SSSR count). The second-order valence-corrected chi connectivity index (χ2v) is 12.5. The Hall–Kier alpha value is -5.04. The number of carbonyl (C=O) groups is 6. The quantitative estimate of drug-likeness (QED) is 0.0932. The molecule has 2 amide bonds. The SMILES string of the molecule is CCN1C(=O)[C@@]2(OC=C2C(=O)c2ccccc2)c2cc(Br)ccc21.CCO.O=C1Nc2ccc(Br)cc2C1=O.O=CCC(=O)c1ccccc1. The van der Waals surface area contributed by atoms with Gasteiger partial charge in [-0.15, -0.1) is 0 Å². The zero-order valence-electron chi connectivity index (χ0n) is 27.0. The Morgan fingerprint density at radius 2 is 1.44 bits per heavy atom. The number of halogens is 2. The number of hydrogen-bond donors (Lipinski definition) is 2. The molecule has 0 aliphatic carbocycles. The maximum Gasteiger partial charge on any atom is 0.296 e. The van der Waals surface area contributed by atoms with Crippen molar-refractivity contribution >= 4 is 78.7 Å². The van der Waals surface area contributed by atoms with E-state index in [-0.39, 0.29) is 30.5 Å². The van der Waals surface area contributed by atoms with Crippen molar-refractivity contribution in [2.24, 2.45) is 0 Å². The third-order valence-corrected chi connectivity index (χ3v) is 8.54. The summed E-state index contributed by atoms with van der Waals surface area (Å²) in [5.74, 6) is -1.53. The lowest BCUT2D eigenvalue weighted by atomic mass is 9.80. The molecule has 0 saturated carbocycles. The minimum atomic E-state index is -1.32. The summed E-state index contributed by atoms with van der Waals surface area (Å²) in [6.07, 6.45) is 2.00. The average Bonchev–Trinajstić information content (AvgIpc) is 3.54. The second-order valence-electron chi connectivity index (χ2n) is 10.7. The van der Waals surface area contributed by atoms with Crippen LogP contribution in [0.25, 0.3) is 0 Å². The largest absolute Gasteiger partial charge is 0.474 e. The summed E-state index contributed by atoms with van der Waals surface area (Å²) >= 11 is 6.66. The molecular formula is C38H32Br2N2O8. The first-order chi connectivity index (χ1) is 24.0. The number of carbonyl (C=O) groups excluding carboxylic acids is 6. The molecule has 0 radical (unpaired) electrons. The molecule has 10 nitrogen and oxygen atoms in total. The van der Waals surface area contributed by atoms with Gasteiger partial charge >= 0.3 is 0 Å². The molecule has 0 aromatic heterocycles. The summed E-state index contributed by atoms with van der Waals surface area (Å²) in [5, 5.41) is 10.0. The molecule has 2 N–H and O–H groups in total. The van der Waals surface area contributed by atoms with Crippen LogP contribution in [0.4, 0.5) is 11.4 Å². The van der Waals surface area contributed by atoms with Gasteiger partial charge in [-0.1, -0.05) is 92.5 Å². The number of amides is 2. The number of Topliss-reactive ketones (excluding diaryl/α,β-unsaturated/α-hetero) is 3. The summed E-state index contributed by atoms with van der Waals surface area (Å²) in [4.78, 5) is 70.6. The first-order valence-corrected chi connectivity index (χ1v) is 17.0. The zero-order chi connectivity index (χ0) is 36.4. The predicted molar refractivity (Wildman–Crippen MR) is 195 cm³/mol. The van der Waals surface area contributed by atoms with E-state index in [0.29, 0.717) is 46.3 Å². The molecular weight excluding hydrogens is 772 g/mol. The molecule has 1 atom stereocenters. The Morgan fingerprint density at radius 3 is 2.00 bits per heavy atom. The highest BCUT2D eigenvalue weighted by Crippen LogP contribution is 2.53. The number of aliphatic hydroxyl groups is 1. The molecule has 3 aliphatic heterocycles. The molecule has 1 spiro atoms. The van der Waals surface area contributed by atoms with E-state index < -0.39 is 17.3 Å². The number of ether oxygens (including phenoxy) is 1. The van der Waals surface area contributed by atoms with Crippen molar-refractivity contribution < 1.29 is 38.6 Å². The number of ketones is 3. The maximum atomic E-state index is 13.0. The lowest BCUT2D eigenvalue weighted by Gasteiger charge is -2.36. The van der Waals surface area contributed by atoms with Crippen molar-refractivity contribution in [1.29, 1.82) is 0 Å². The molecule has 12 heteroatoms. The van der Waals surface area contributed by atoms with Gasteiger partial charge in [0.05, 0.1) is 35.2 Å². The first kappa shape index (κ1) is 37.8. The van der Waals surface area contributed by atoms with Gasteiger partial charge in [-0.05, 0) is 50.2 Å². The van der Waals surface area contributed by atoms with Crippen LogP contribution < -0.4 is 10.2 Å². The van der Waals surface area contributed by atoms with E-state index in [1.54, 1.807) is 78.6 Å². The van der Waals surface area contributed by atoms with Gasteiger partial charge in [0.2, 0.25) is 5.60 Å². The smallest absolute Gasteiger partial charge is 0.296 e. The highest BCUT2D eigenvalue weighted by atomic mass is 79.9. The number of benzene rings is 4. The van der Waals surface area contributed by atoms with Crippen LogP contribution in [0.5, 0.6) is 0 Å². The summed E-state index contributed by atoms with van der Waals surface area (Å²) in [6.45, 7) is 4.36. The number of nitrogens with zero attached hydrogens (tertiary/aromatic N) is 1. The number of anilines is 2. The Bertz CT molecular complexity index is 1960. The monoisotopic (exact) mass is 802 g/mol. The van der Waals surface area contributed by atoms with E-state index in [1.165, 1.54) is 6.26 Å². The number of aliphatic hydroxyl groups excluding tert-OH is 1. The van der Waals surface area contributed by atoms with Crippen molar-refractivity contribution in [3.63, 3.8) is 0 Å². The van der Waals surface area contributed by atoms with Crippen molar-refractivity contribution in [3.05, 3.63) is 140 Å². The topological polar surface area (TPSA) is 147 Å². The van der Waals surface area contributed by atoms with Crippen LogP contribution in [-0.2, 0) is 24.7 Å². The van der Waals surface area contributed by atoms with Gasteiger partial charge in [-0.25, -0.2) is 0 Å².